The number of nitrogens with zero attached hydrogens (tertiary/aromatic N) is 1. The van der Waals surface area contributed by atoms with Crippen LogP contribution in [-0.2, 0) is 9.47 Å². The highest BCUT2D eigenvalue weighted by Gasteiger charge is 2.34. The van der Waals surface area contributed by atoms with Crippen LogP contribution in [0.2, 0.25) is 0 Å². The maximum absolute atomic E-state index is 12.3. The molecule has 2 N–H and O–H groups in total. The summed E-state index contributed by atoms with van der Waals surface area (Å²) in [5, 5.41) is 5.18. The first kappa shape index (κ1) is 23.2. The molecule has 1 aliphatic heterocycles. The molecule has 1 heterocycles. The Balaban J connectivity index is 1.59. The van der Waals surface area contributed by atoms with Gasteiger partial charge in [0.25, 0.3) is 11.8 Å². The van der Waals surface area contributed by atoms with E-state index in [1.54, 1.807) is 52.0 Å². The van der Waals surface area contributed by atoms with E-state index >= 15 is 0 Å². The molecule has 1 aromatic carbocycles. The standard InChI is InChI=1S/C21H29N3O6/c1-14(23-20(28)30-21(2,3)4)13-29-19(27)22-11-7-8-12-24-17(25)15-9-5-6-10-16(15)18(24)26/h5-6,9-10,14H,7-8,11-13H2,1-4H3,(H,22,27)(H,23,28). The van der Waals surface area contributed by atoms with Crippen molar-refractivity contribution in [1.82, 2.24) is 15.5 Å². The van der Waals surface area contributed by atoms with Gasteiger partial charge >= 0.3 is 12.2 Å². The fraction of sp³-hybridized carbons (Fsp3) is 0.524. The fourth-order valence-electron chi connectivity index (χ4n) is 2.83. The zero-order valence-electron chi connectivity index (χ0n) is 17.8. The Morgan fingerprint density at radius 3 is 2.20 bits per heavy atom. The second-order valence-electron chi connectivity index (χ2n) is 8.09. The number of amides is 4. The van der Waals surface area contributed by atoms with Gasteiger partial charge in [0.2, 0.25) is 0 Å². The molecule has 1 aromatic rings. The topological polar surface area (TPSA) is 114 Å². The molecule has 1 atom stereocenters. The number of benzene rings is 1. The third-order valence-corrected chi connectivity index (χ3v) is 4.18. The summed E-state index contributed by atoms with van der Waals surface area (Å²) in [5.41, 5.74) is 0.256. The molecular formula is C21H29N3O6. The van der Waals surface area contributed by atoms with E-state index < -0.39 is 23.8 Å². The summed E-state index contributed by atoms with van der Waals surface area (Å²) in [7, 11) is 0. The summed E-state index contributed by atoms with van der Waals surface area (Å²) in [5.74, 6) is -0.566. The average molecular weight is 419 g/mol. The number of hydrogen-bond donors (Lipinski definition) is 2. The third-order valence-electron chi connectivity index (χ3n) is 4.18. The van der Waals surface area contributed by atoms with Crippen molar-refractivity contribution >= 4 is 24.0 Å². The molecule has 0 aliphatic carbocycles. The summed E-state index contributed by atoms with van der Waals surface area (Å²) in [4.78, 5) is 49.1. The first-order valence-electron chi connectivity index (χ1n) is 9.94. The van der Waals surface area contributed by atoms with Gasteiger partial charge in [-0.1, -0.05) is 12.1 Å². The van der Waals surface area contributed by atoms with Gasteiger partial charge in [-0.3, -0.25) is 14.5 Å². The molecule has 0 radical (unpaired) electrons. The monoisotopic (exact) mass is 419 g/mol. The number of carbonyl (C=O) groups is 4. The quantitative estimate of drug-likeness (QED) is 0.495. The lowest BCUT2D eigenvalue weighted by atomic mass is 10.1. The number of unbranched alkanes of at least 4 members (excludes halogenated alkanes) is 1. The van der Waals surface area contributed by atoms with Gasteiger partial charge in [0.15, 0.2) is 0 Å². The zero-order valence-corrected chi connectivity index (χ0v) is 17.8. The molecule has 164 valence electrons. The van der Waals surface area contributed by atoms with Crippen LogP contribution in [0.25, 0.3) is 0 Å². The summed E-state index contributed by atoms with van der Waals surface area (Å²) in [6, 6.07) is 6.34. The van der Waals surface area contributed by atoms with Crippen molar-refractivity contribution in [3.05, 3.63) is 35.4 Å². The Morgan fingerprint density at radius 2 is 1.63 bits per heavy atom. The molecule has 2 rings (SSSR count). The van der Waals surface area contributed by atoms with Crippen molar-refractivity contribution in [2.24, 2.45) is 0 Å². The molecule has 0 fully saturated rings. The molecule has 1 unspecified atom stereocenters. The summed E-state index contributed by atoms with van der Waals surface area (Å²) in [6.45, 7) is 7.61. The van der Waals surface area contributed by atoms with E-state index in [0.29, 0.717) is 37.1 Å². The number of ether oxygens (including phenoxy) is 2. The normalized spacial score (nSPS) is 14.2. The number of imide groups is 1. The molecule has 30 heavy (non-hydrogen) atoms. The Kier molecular flexibility index (Phi) is 7.79. The van der Waals surface area contributed by atoms with Gasteiger partial charge in [-0.2, -0.15) is 0 Å². The average Bonchev–Trinajstić information content (AvgIpc) is 2.89. The molecule has 0 bridgehead atoms. The molecule has 0 spiro atoms. The molecule has 0 saturated heterocycles. The van der Waals surface area contributed by atoms with Crippen LogP contribution < -0.4 is 10.6 Å². The summed E-state index contributed by atoms with van der Waals surface area (Å²) >= 11 is 0. The van der Waals surface area contributed by atoms with E-state index in [-0.39, 0.29) is 18.4 Å². The maximum atomic E-state index is 12.3. The predicted octanol–water partition coefficient (Wildman–Crippen LogP) is 2.70. The molecule has 9 heteroatoms. The van der Waals surface area contributed by atoms with Gasteiger partial charge in [-0.25, -0.2) is 9.59 Å². The van der Waals surface area contributed by atoms with Crippen LogP contribution in [0.1, 0.15) is 61.3 Å². The first-order valence-corrected chi connectivity index (χ1v) is 9.94. The first-order chi connectivity index (χ1) is 14.1. The molecular weight excluding hydrogens is 390 g/mol. The van der Waals surface area contributed by atoms with E-state index in [1.165, 1.54) is 4.90 Å². The summed E-state index contributed by atoms with van der Waals surface area (Å²) < 4.78 is 10.2. The minimum absolute atomic E-state index is 0.000115. The highest BCUT2D eigenvalue weighted by molar-refractivity contribution is 6.21. The van der Waals surface area contributed by atoms with Crippen molar-refractivity contribution in [2.75, 3.05) is 19.7 Å². The largest absolute Gasteiger partial charge is 0.447 e. The van der Waals surface area contributed by atoms with Crippen LogP contribution in [0.5, 0.6) is 0 Å². The number of alkyl carbamates (subject to hydrolysis) is 2. The fourth-order valence-corrected chi connectivity index (χ4v) is 2.83. The second kappa shape index (κ2) is 10.1. The van der Waals surface area contributed by atoms with Crippen molar-refractivity contribution in [3.8, 4) is 0 Å². The lowest BCUT2D eigenvalue weighted by molar-refractivity contribution is 0.0478. The highest BCUT2D eigenvalue weighted by Crippen LogP contribution is 2.22. The van der Waals surface area contributed by atoms with Gasteiger partial charge < -0.3 is 20.1 Å². The van der Waals surface area contributed by atoms with Crippen LogP contribution in [-0.4, -0.2) is 60.2 Å². The Hall–Kier alpha value is -3.10. The molecule has 4 amide bonds. The highest BCUT2D eigenvalue weighted by atomic mass is 16.6. The minimum atomic E-state index is -0.603. The second-order valence-corrected chi connectivity index (χ2v) is 8.09. The van der Waals surface area contributed by atoms with Crippen LogP contribution >= 0.6 is 0 Å². The Bertz CT molecular complexity index is 767. The van der Waals surface area contributed by atoms with Crippen LogP contribution in [0.3, 0.4) is 0 Å². The van der Waals surface area contributed by atoms with E-state index in [2.05, 4.69) is 10.6 Å². The lowest BCUT2D eigenvalue weighted by Gasteiger charge is -2.21. The number of nitrogens with one attached hydrogen (secondary N) is 2. The minimum Gasteiger partial charge on any atom is -0.447 e. The van der Waals surface area contributed by atoms with Gasteiger partial charge in [0.1, 0.15) is 12.2 Å². The van der Waals surface area contributed by atoms with Gasteiger partial charge in [0, 0.05) is 13.1 Å². The molecule has 1 aliphatic rings. The maximum Gasteiger partial charge on any atom is 0.407 e. The van der Waals surface area contributed by atoms with Crippen molar-refractivity contribution in [2.45, 2.75) is 52.2 Å². The lowest BCUT2D eigenvalue weighted by Crippen LogP contribution is -2.41. The van der Waals surface area contributed by atoms with Gasteiger partial charge in [-0.15, -0.1) is 0 Å². The van der Waals surface area contributed by atoms with E-state index in [0.717, 1.165) is 0 Å². The summed E-state index contributed by atoms with van der Waals surface area (Å²) in [6.07, 6.45) is -0.0444. The van der Waals surface area contributed by atoms with Crippen molar-refractivity contribution in [1.29, 1.82) is 0 Å². The van der Waals surface area contributed by atoms with Gasteiger partial charge in [0.05, 0.1) is 17.2 Å². The zero-order chi connectivity index (χ0) is 22.3. The van der Waals surface area contributed by atoms with E-state index in [9.17, 15) is 19.2 Å². The van der Waals surface area contributed by atoms with E-state index in [4.69, 9.17) is 9.47 Å². The van der Waals surface area contributed by atoms with Gasteiger partial charge in [-0.05, 0) is 52.7 Å². The number of carbonyl (C=O) groups excluding carboxylic acids is 4. The van der Waals surface area contributed by atoms with Crippen molar-refractivity contribution in [3.63, 3.8) is 0 Å². The molecule has 0 saturated carbocycles. The Morgan fingerprint density at radius 1 is 1.03 bits per heavy atom. The number of rotatable bonds is 8. The van der Waals surface area contributed by atoms with Crippen LogP contribution in [0, 0.1) is 0 Å². The van der Waals surface area contributed by atoms with Crippen molar-refractivity contribution < 1.29 is 28.7 Å². The van der Waals surface area contributed by atoms with Crippen LogP contribution in [0.15, 0.2) is 24.3 Å². The Labute approximate surface area is 176 Å². The SMILES string of the molecule is CC(COC(=O)NCCCCN1C(=O)c2ccccc2C1=O)NC(=O)OC(C)(C)C. The molecule has 0 aromatic heterocycles. The smallest absolute Gasteiger partial charge is 0.407 e. The van der Waals surface area contributed by atoms with Crippen LogP contribution in [0.4, 0.5) is 9.59 Å². The third kappa shape index (κ3) is 6.75. The predicted molar refractivity (Wildman–Crippen MR) is 109 cm³/mol. The van der Waals surface area contributed by atoms with E-state index in [1.807, 2.05) is 0 Å². The number of hydrogen-bond acceptors (Lipinski definition) is 6. The molecule has 9 nitrogen and oxygen atoms in total. The number of fused-ring (bicyclic) bond motifs is 1.